The van der Waals surface area contributed by atoms with Crippen LogP contribution < -0.4 is 10.5 Å². The van der Waals surface area contributed by atoms with E-state index in [-0.39, 0.29) is 12.4 Å². The van der Waals surface area contributed by atoms with E-state index in [1.807, 2.05) is 18.2 Å². The van der Waals surface area contributed by atoms with Crippen molar-refractivity contribution in [3.05, 3.63) is 28.8 Å². The third-order valence-corrected chi connectivity index (χ3v) is 4.13. The van der Waals surface area contributed by atoms with Crippen molar-refractivity contribution in [3.63, 3.8) is 0 Å². The van der Waals surface area contributed by atoms with Crippen LogP contribution in [0.3, 0.4) is 0 Å². The van der Waals surface area contributed by atoms with Crippen molar-refractivity contribution >= 4 is 24.0 Å². The second kappa shape index (κ2) is 7.34. The molecule has 0 bridgehead atoms. The third-order valence-electron chi connectivity index (χ3n) is 3.78. The van der Waals surface area contributed by atoms with E-state index in [1.54, 1.807) is 7.11 Å². The maximum Gasteiger partial charge on any atom is 0.124 e. The van der Waals surface area contributed by atoms with Gasteiger partial charge in [-0.15, -0.1) is 12.4 Å². The summed E-state index contributed by atoms with van der Waals surface area (Å²) in [7, 11) is 1.69. The molecule has 0 spiro atoms. The molecule has 0 aliphatic carbocycles. The van der Waals surface area contributed by atoms with Crippen molar-refractivity contribution in [1.29, 1.82) is 0 Å². The van der Waals surface area contributed by atoms with E-state index in [0.29, 0.717) is 12.0 Å². The van der Waals surface area contributed by atoms with Gasteiger partial charge in [0.25, 0.3) is 0 Å². The second-order valence-electron chi connectivity index (χ2n) is 5.04. The van der Waals surface area contributed by atoms with Crippen LogP contribution in [0.2, 0.25) is 5.02 Å². The molecule has 1 aromatic carbocycles. The molecule has 0 aromatic heterocycles. The molecular weight excluding hydrogens is 283 g/mol. The Morgan fingerprint density at radius 3 is 2.79 bits per heavy atom. The number of likely N-dealkylation sites (tertiary alicyclic amines) is 1. The molecule has 0 amide bonds. The van der Waals surface area contributed by atoms with E-state index < -0.39 is 0 Å². The molecule has 2 atom stereocenters. The van der Waals surface area contributed by atoms with Crippen LogP contribution in [0.25, 0.3) is 0 Å². The largest absolute Gasteiger partial charge is 0.496 e. The standard InChI is InChI=1S/C14H21ClN2O.ClH/c1-10-6-11(7-16)8-17(10)9-12-13(15)4-3-5-14(12)18-2;/h3-5,10-11H,6-9,16H2,1-2H3;1H. The molecule has 1 aromatic rings. The summed E-state index contributed by atoms with van der Waals surface area (Å²) in [5, 5.41) is 0.776. The molecular formula is C14H22Cl2N2O. The lowest BCUT2D eigenvalue weighted by Crippen LogP contribution is -2.27. The van der Waals surface area contributed by atoms with Gasteiger partial charge in [-0.2, -0.15) is 0 Å². The van der Waals surface area contributed by atoms with E-state index in [1.165, 1.54) is 6.42 Å². The number of benzene rings is 1. The zero-order valence-corrected chi connectivity index (χ0v) is 13.0. The first kappa shape index (κ1) is 16.6. The van der Waals surface area contributed by atoms with Gasteiger partial charge in [0.05, 0.1) is 7.11 Å². The highest BCUT2D eigenvalue weighted by molar-refractivity contribution is 6.31. The molecule has 0 radical (unpaired) electrons. The van der Waals surface area contributed by atoms with Crippen molar-refractivity contribution in [2.24, 2.45) is 11.7 Å². The van der Waals surface area contributed by atoms with E-state index in [4.69, 9.17) is 22.1 Å². The first-order valence-corrected chi connectivity index (χ1v) is 6.79. The molecule has 1 aliphatic rings. The number of hydrogen-bond donors (Lipinski definition) is 1. The molecule has 108 valence electrons. The van der Waals surface area contributed by atoms with Crippen LogP contribution >= 0.6 is 24.0 Å². The Balaban J connectivity index is 0.00000180. The zero-order chi connectivity index (χ0) is 13.1. The van der Waals surface area contributed by atoms with Crippen LogP contribution in [-0.4, -0.2) is 31.1 Å². The molecule has 1 fully saturated rings. The molecule has 1 aliphatic heterocycles. The summed E-state index contributed by atoms with van der Waals surface area (Å²) in [4.78, 5) is 2.43. The lowest BCUT2D eigenvalue weighted by atomic mass is 10.1. The summed E-state index contributed by atoms with van der Waals surface area (Å²) < 4.78 is 5.39. The SMILES string of the molecule is COc1cccc(Cl)c1CN1CC(CN)CC1C.Cl. The number of ether oxygens (including phenoxy) is 1. The Labute approximate surface area is 126 Å². The molecule has 2 rings (SSSR count). The summed E-state index contributed by atoms with van der Waals surface area (Å²) in [6.07, 6.45) is 1.17. The number of methoxy groups -OCH3 is 1. The lowest BCUT2D eigenvalue weighted by Gasteiger charge is -2.23. The fourth-order valence-electron chi connectivity index (χ4n) is 2.70. The Morgan fingerprint density at radius 1 is 1.47 bits per heavy atom. The fraction of sp³-hybridized carbons (Fsp3) is 0.571. The molecule has 19 heavy (non-hydrogen) atoms. The summed E-state index contributed by atoms with van der Waals surface area (Å²) in [5.74, 6) is 1.47. The number of rotatable bonds is 4. The van der Waals surface area contributed by atoms with E-state index in [9.17, 15) is 0 Å². The highest BCUT2D eigenvalue weighted by Gasteiger charge is 2.28. The molecule has 1 saturated heterocycles. The summed E-state index contributed by atoms with van der Waals surface area (Å²) >= 11 is 6.27. The van der Waals surface area contributed by atoms with Gasteiger partial charge in [-0.05, 0) is 37.9 Å². The predicted molar refractivity (Wildman–Crippen MR) is 82.3 cm³/mol. The van der Waals surface area contributed by atoms with Gasteiger partial charge in [0.2, 0.25) is 0 Å². The first-order chi connectivity index (χ1) is 8.65. The Hall–Kier alpha value is -0.480. The normalized spacial score (nSPS) is 23.2. The van der Waals surface area contributed by atoms with Crippen molar-refractivity contribution in [2.75, 3.05) is 20.2 Å². The first-order valence-electron chi connectivity index (χ1n) is 6.41. The van der Waals surface area contributed by atoms with Gasteiger partial charge >= 0.3 is 0 Å². The Kier molecular flexibility index (Phi) is 6.40. The van der Waals surface area contributed by atoms with Gasteiger partial charge in [0, 0.05) is 29.7 Å². The highest BCUT2D eigenvalue weighted by atomic mass is 35.5. The molecule has 2 unspecified atom stereocenters. The lowest BCUT2D eigenvalue weighted by molar-refractivity contribution is 0.251. The third kappa shape index (κ3) is 3.76. The van der Waals surface area contributed by atoms with E-state index in [2.05, 4.69) is 11.8 Å². The average Bonchev–Trinajstić information content (AvgIpc) is 2.73. The van der Waals surface area contributed by atoms with E-state index in [0.717, 1.165) is 36.0 Å². The van der Waals surface area contributed by atoms with Crippen LogP contribution in [0.15, 0.2) is 18.2 Å². The number of halogens is 2. The van der Waals surface area contributed by atoms with Gasteiger partial charge in [0.1, 0.15) is 5.75 Å². The second-order valence-corrected chi connectivity index (χ2v) is 5.44. The van der Waals surface area contributed by atoms with Crippen LogP contribution in [0.5, 0.6) is 5.75 Å². The Bertz CT molecular complexity index is 414. The van der Waals surface area contributed by atoms with Crippen molar-refractivity contribution in [3.8, 4) is 5.75 Å². The minimum atomic E-state index is 0. The van der Waals surface area contributed by atoms with E-state index >= 15 is 0 Å². The summed E-state index contributed by atoms with van der Waals surface area (Å²) in [6, 6.07) is 6.35. The minimum Gasteiger partial charge on any atom is -0.496 e. The van der Waals surface area contributed by atoms with Gasteiger partial charge in [0.15, 0.2) is 0 Å². The molecule has 5 heteroatoms. The van der Waals surface area contributed by atoms with Crippen molar-refractivity contribution < 1.29 is 4.74 Å². The topological polar surface area (TPSA) is 38.5 Å². The monoisotopic (exact) mass is 304 g/mol. The smallest absolute Gasteiger partial charge is 0.124 e. The Morgan fingerprint density at radius 2 is 2.21 bits per heavy atom. The van der Waals surface area contributed by atoms with Crippen LogP contribution in [0.1, 0.15) is 18.9 Å². The number of nitrogens with two attached hydrogens (primary N) is 1. The molecule has 0 saturated carbocycles. The maximum absolute atomic E-state index is 6.27. The molecule has 2 N–H and O–H groups in total. The molecule has 1 heterocycles. The average molecular weight is 305 g/mol. The number of nitrogens with zero attached hydrogens (tertiary/aromatic N) is 1. The van der Waals surface area contributed by atoms with Crippen LogP contribution in [0, 0.1) is 5.92 Å². The van der Waals surface area contributed by atoms with Crippen LogP contribution in [-0.2, 0) is 6.54 Å². The van der Waals surface area contributed by atoms with Gasteiger partial charge in [-0.1, -0.05) is 17.7 Å². The predicted octanol–water partition coefficient (Wildman–Crippen LogP) is 2.94. The zero-order valence-electron chi connectivity index (χ0n) is 11.4. The number of hydrogen-bond acceptors (Lipinski definition) is 3. The van der Waals surface area contributed by atoms with Gasteiger partial charge < -0.3 is 10.5 Å². The highest BCUT2D eigenvalue weighted by Crippen LogP contribution is 2.31. The minimum absolute atomic E-state index is 0. The van der Waals surface area contributed by atoms with Crippen molar-refractivity contribution in [2.45, 2.75) is 25.9 Å². The van der Waals surface area contributed by atoms with Gasteiger partial charge in [-0.25, -0.2) is 0 Å². The summed E-state index contributed by atoms with van der Waals surface area (Å²) in [5.41, 5.74) is 6.84. The molecule has 3 nitrogen and oxygen atoms in total. The quantitative estimate of drug-likeness (QED) is 0.929. The van der Waals surface area contributed by atoms with Crippen LogP contribution in [0.4, 0.5) is 0 Å². The fourth-order valence-corrected chi connectivity index (χ4v) is 2.92. The van der Waals surface area contributed by atoms with Gasteiger partial charge in [-0.3, -0.25) is 4.90 Å². The van der Waals surface area contributed by atoms with Crippen molar-refractivity contribution in [1.82, 2.24) is 4.90 Å². The summed E-state index contributed by atoms with van der Waals surface area (Å²) in [6.45, 7) is 4.89. The maximum atomic E-state index is 6.27.